The minimum absolute atomic E-state index is 0.0559. The average Bonchev–Trinajstić information content (AvgIpc) is 3.23. The number of hydrazone groups is 1. The Balaban J connectivity index is 0.000000189. The molecule has 9 nitrogen and oxygen atoms in total. The van der Waals surface area contributed by atoms with Gasteiger partial charge in [0.15, 0.2) is 5.78 Å². The zero-order chi connectivity index (χ0) is 23.8. The lowest BCUT2D eigenvalue weighted by molar-refractivity contribution is -0.385. The van der Waals surface area contributed by atoms with Gasteiger partial charge in [0.1, 0.15) is 13.0 Å². The molecule has 4 rings (SSSR count). The van der Waals surface area contributed by atoms with Gasteiger partial charge >= 0.3 is 0 Å². The maximum absolute atomic E-state index is 12.1. The minimum Gasteiger partial charge on any atom is -0.289 e. The number of nitro groups is 1. The zero-order valence-corrected chi connectivity index (χ0v) is 18.9. The highest BCUT2D eigenvalue weighted by Crippen LogP contribution is 2.26. The van der Waals surface area contributed by atoms with Gasteiger partial charge in [-0.05, 0) is 45.8 Å². The number of nitriles is 1. The largest absolute Gasteiger partial charge is 0.289 e. The third kappa shape index (κ3) is 6.46. The van der Waals surface area contributed by atoms with Crippen LogP contribution in [-0.4, -0.2) is 33.7 Å². The van der Waals surface area contributed by atoms with E-state index in [0.29, 0.717) is 34.4 Å². The Hall–Kier alpha value is -4.07. The molecule has 0 amide bonds. The molecule has 2 N–H and O–H groups in total. The average molecular weight is 507 g/mol. The third-order valence-corrected chi connectivity index (χ3v) is 5.19. The Morgan fingerprint density at radius 1 is 1.12 bits per heavy atom. The van der Waals surface area contributed by atoms with E-state index in [0.717, 1.165) is 5.56 Å². The van der Waals surface area contributed by atoms with Gasteiger partial charge in [0, 0.05) is 17.2 Å². The molecule has 0 aliphatic carbocycles. The van der Waals surface area contributed by atoms with E-state index in [4.69, 9.17) is 11.1 Å². The lowest BCUT2D eigenvalue weighted by atomic mass is 10.0. The smallest absolute Gasteiger partial charge is 0.283 e. The van der Waals surface area contributed by atoms with E-state index in [9.17, 15) is 14.9 Å². The number of ketones is 1. The Morgan fingerprint density at radius 3 is 2.48 bits per heavy atom. The molecule has 0 aromatic heterocycles. The molecule has 0 spiro atoms. The standard InChI is InChI=1S/C13H8BrNO3.C10H11N5/c14-11-8-10(6-7-12(11)15(17)18)13(16)9-4-2-1-3-5-9;11-5-9-2-1-3-10(4-9)6-15-8-14(12)7-13-15/h1-8H;1-4,7H,6,8,12H2. The van der Waals surface area contributed by atoms with E-state index in [1.165, 1.54) is 23.2 Å². The number of hydrogen-bond donors (Lipinski definition) is 1. The lowest BCUT2D eigenvalue weighted by Crippen LogP contribution is -2.31. The van der Waals surface area contributed by atoms with Gasteiger partial charge in [-0.15, -0.1) is 0 Å². The summed E-state index contributed by atoms with van der Waals surface area (Å²) in [6, 6.07) is 22.6. The fraction of sp³-hybridized carbons (Fsp3) is 0.0870. The summed E-state index contributed by atoms with van der Waals surface area (Å²) in [6.07, 6.45) is 1.58. The molecule has 0 fully saturated rings. The van der Waals surface area contributed by atoms with E-state index < -0.39 is 4.92 Å². The van der Waals surface area contributed by atoms with Crippen molar-refractivity contribution < 1.29 is 9.72 Å². The van der Waals surface area contributed by atoms with Crippen molar-refractivity contribution in [2.24, 2.45) is 10.9 Å². The maximum atomic E-state index is 12.1. The predicted octanol–water partition coefficient (Wildman–Crippen LogP) is 4.04. The fourth-order valence-corrected chi connectivity index (χ4v) is 3.52. The number of halogens is 1. The molecule has 3 aromatic carbocycles. The van der Waals surface area contributed by atoms with Crippen molar-refractivity contribution >= 4 is 33.7 Å². The van der Waals surface area contributed by atoms with Crippen LogP contribution in [0.4, 0.5) is 5.69 Å². The van der Waals surface area contributed by atoms with Gasteiger partial charge < -0.3 is 0 Å². The molecule has 166 valence electrons. The first-order valence-corrected chi connectivity index (χ1v) is 10.5. The summed E-state index contributed by atoms with van der Waals surface area (Å²) in [7, 11) is 0. The van der Waals surface area contributed by atoms with Crippen molar-refractivity contribution in [3.05, 3.63) is 110 Å². The highest BCUT2D eigenvalue weighted by Gasteiger charge is 2.15. The SMILES string of the molecule is N#Cc1cccc(CN2CN(N)C=N2)c1.O=C(c1ccccc1)c1ccc([N+](=O)[O-])c(Br)c1. The molecule has 10 heteroatoms. The second kappa shape index (κ2) is 11.0. The summed E-state index contributed by atoms with van der Waals surface area (Å²) >= 11 is 3.09. The fourth-order valence-electron chi connectivity index (χ4n) is 2.99. The molecule has 0 unspecified atom stereocenters. The number of carbonyl (C=O) groups excluding carboxylic acids is 1. The second-order valence-corrected chi connectivity index (χ2v) is 7.84. The molecule has 1 aliphatic rings. The molecule has 0 radical (unpaired) electrons. The molecule has 0 saturated carbocycles. The number of nitro benzene ring substituents is 1. The van der Waals surface area contributed by atoms with Gasteiger partial charge in [-0.3, -0.25) is 24.9 Å². The Kier molecular flexibility index (Phi) is 7.86. The van der Waals surface area contributed by atoms with Crippen LogP contribution in [0.25, 0.3) is 0 Å². The summed E-state index contributed by atoms with van der Waals surface area (Å²) in [5, 5.41) is 26.8. The van der Waals surface area contributed by atoms with Crippen LogP contribution < -0.4 is 5.84 Å². The molecular formula is C23H19BrN6O3. The predicted molar refractivity (Wildman–Crippen MR) is 127 cm³/mol. The number of benzene rings is 3. The third-order valence-electron chi connectivity index (χ3n) is 4.55. The summed E-state index contributed by atoms with van der Waals surface area (Å²) in [5.74, 6) is 5.36. The molecule has 0 atom stereocenters. The van der Waals surface area contributed by atoms with Crippen LogP contribution in [-0.2, 0) is 6.54 Å². The number of nitrogens with two attached hydrogens (primary N) is 1. The Bertz CT molecular complexity index is 1230. The van der Waals surface area contributed by atoms with Gasteiger partial charge in [0.25, 0.3) is 5.69 Å². The van der Waals surface area contributed by atoms with Gasteiger partial charge in [-0.25, -0.2) is 5.84 Å². The number of nitrogens with zero attached hydrogens (tertiary/aromatic N) is 5. The van der Waals surface area contributed by atoms with Crippen LogP contribution in [0.3, 0.4) is 0 Å². The summed E-state index contributed by atoms with van der Waals surface area (Å²) in [6.45, 7) is 1.25. The molecule has 33 heavy (non-hydrogen) atoms. The van der Waals surface area contributed by atoms with E-state index in [2.05, 4.69) is 27.1 Å². The molecule has 1 heterocycles. The number of hydrogen-bond acceptors (Lipinski definition) is 8. The van der Waals surface area contributed by atoms with E-state index in [1.807, 2.05) is 29.3 Å². The molecular weight excluding hydrogens is 488 g/mol. The first-order chi connectivity index (χ1) is 15.9. The minimum atomic E-state index is -0.499. The first kappa shape index (κ1) is 23.6. The molecule has 0 saturated heterocycles. The number of hydrazine groups is 1. The molecule has 0 bridgehead atoms. The maximum Gasteiger partial charge on any atom is 0.283 e. The quantitative estimate of drug-likeness (QED) is 0.239. The Morgan fingerprint density at radius 2 is 1.88 bits per heavy atom. The lowest BCUT2D eigenvalue weighted by Gasteiger charge is -2.15. The van der Waals surface area contributed by atoms with Gasteiger partial charge in [-0.1, -0.05) is 42.5 Å². The second-order valence-electron chi connectivity index (χ2n) is 6.98. The van der Waals surface area contributed by atoms with Crippen molar-refractivity contribution in [1.82, 2.24) is 10.0 Å². The van der Waals surface area contributed by atoms with Crippen LogP contribution >= 0.6 is 15.9 Å². The Labute approximate surface area is 198 Å². The van der Waals surface area contributed by atoms with Gasteiger partial charge in [0.2, 0.25) is 0 Å². The van der Waals surface area contributed by atoms with Gasteiger partial charge in [0.05, 0.1) is 27.6 Å². The topological polar surface area (TPSA) is 129 Å². The van der Waals surface area contributed by atoms with Crippen LogP contribution in [0, 0.1) is 21.4 Å². The van der Waals surface area contributed by atoms with Crippen molar-refractivity contribution in [3.8, 4) is 6.07 Å². The van der Waals surface area contributed by atoms with E-state index in [1.54, 1.807) is 36.7 Å². The highest BCUT2D eigenvalue weighted by molar-refractivity contribution is 9.10. The van der Waals surface area contributed by atoms with Crippen LogP contribution in [0.5, 0.6) is 0 Å². The molecule has 1 aliphatic heterocycles. The highest BCUT2D eigenvalue weighted by atomic mass is 79.9. The van der Waals surface area contributed by atoms with Crippen LogP contribution in [0.1, 0.15) is 27.0 Å². The van der Waals surface area contributed by atoms with Crippen molar-refractivity contribution in [2.75, 3.05) is 6.67 Å². The zero-order valence-electron chi connectivity index (χ0n) is 17.3. The first-order valence-electron chi connectivity index (χ1n) is 9.70. The van der Waals surface area contributed by atoms with E-state index >= 15 is 0 Å². The van der Waals surface area contributed by atoms with Crippen molar-refractivity contribution in [1.29, 1.82) is 5.26 Å². The molecule has 3 aromatic rings. The van der Waals surface area contributed by atoms with Crippen LogP contribution in [0.2, 0.25) is 0 Å². The number of carbonyl (C=O) groups is 1. The van der Waals surface area contributed by atoms with Crippen molar-refractivity contribution in [2.45, 2.75) is 6.54 Å². The van der Waals surface area contributed by atoms with Crippen molar-refractivity contribution in [3.63, 3.8) is 0 Å². The summed E-state index contributed by atoms with van der Waals surface area (Å²) in [5.41, 5.74) is 2.64. The number of rotatable bonds is 5. The summed E-state index contributed by atoms with van der Waals surface area (Å²) in [4.78, 5) is 22.3. The van der Waals surface area contributed by atoms with Gasteiger partial charge in [-0.2, -0.15) is 10.4 Å². The summed E-state index contributed by atoms with van der Waals surface area (Å²) < 4.78 is 0.300. The van der Waals surface area contributed by atoms with Crippen LogP contribution in [0.15, 0.2) is 82.4 Å². The monoisotopic (exact) mass is 506 g/mol. The normalized spacial score (nSPS) is 12.0. The van der Waals surface area contributed by atoms with E-state index in [-0.39, 0.29) is 11.5 Å².